The number of rotatable bonds is 3. The predicted octanol–water partition coefficient (Wildman–Crippen LogP) is 1.48. The molecule has 0 spiro atoms. The summed E-state index contributed by atoms with van der Waals surface area (Å²) in [5.41, 5.74) is 0.293. The molecule has 0 fully saturated rings. The van der Waals surface area contributed by atoms with Crippen molar-refractivity contribution in [3.63, 3.8) is 0 Å². The first-order chi connectivity index (χ1) is 8.52. The van der Waals surface area contributed by atoms with Crippen LogP contribution in [0.2, 0.25) is 0 Å². The van der Waals surface area contributed by atoms with Crippen molar-refractivity contribution in [3.8, 4) is 0 Å². The Hall–Kier alpha value is -2.11. The maximum atomic E-state index is 11.8. The van der Waals surface area contributed by atoms with Gasteiger partial charge in [-0.3, -0.25) is 9.48 Å². The summed E-state index contributed by atoms with van der Waals surface area (Å²) in [4.78, 5) is 25.9. The number of nitrogens with one attached hydrogen (secondary N) is 1. The Balaban J connectivity index is 2.64. The van der Waals surface area contributed by atoms with Gasteiger partial charge in [-0.2, -0.15) is 5.10 Å². The van der Waals surface area contributed by atoms with E-state index in [4.69, 9.17) is 4.74 Å². The molecule has 0 saturated heterocycles. The Morgan fingerprint density at radius 3 is 2.89 bits per heavy atom. The van der Waals surface area contributed by atoms with E-state index in [1.807, 2.05) is 13.8 Å². The van der Waals surface area contributed by atoms with Crippen LogP contribution in [0.3, 0.4) is 0 Å². The van der Waals surface area contributed by atoms with Crippen molar-refractivity contribution in [3.05, 3.63) is 28.2 Å². The molecule has 18 heavy (non-hydrogen) atoms. The Bertz CT molecular complexity index is 640. The van der Waals surface area contributed by atoms with E-state index in [0.29, 0.717) is 11.0 Å². The van der Waals surface area contributed by atoms with Gasteiger partial charge in [0.15, 0.2) is 5.65 Å². The molecule has 2 heterocycles. The molecular weight excluding hydrogens is 234 g/mol. The molecule has 0 unspecified atom stereocenters. The highest BCUT2D eigenvalue weighted by molar-refractivity contribution is 6.02. The van der Waals surface area contributed by atoms with Crippen molar-refractivity contribution in [2.24, 2.45) is 0 Å². The second-order valence-corrected chi connectivity index (χ2v) is 4.23. The number of carbonyl (C=O) groups is 1. The third-order valence-electron chi connectivity index (χ3n) is 2.56. The molecule has 0 aliphatic carbocycles. The number of pyridine rings is 1. The van der Waals surface area contributed by atoms with Gasteiger partial charge in [-0.25, -0.2) is 4.79 Å². The lowest BCUT2D eigenvalue weighted by molar-refractivity contribution is 0.0528. The van der Waals surface area contributed by atoms with Gasteiger partial charge in [0, 0.05) is 18.3 Å². The Morgan fingerprint density at radius 1 is 1.56 bits per heavy atom. The van der Waals surface area contributed by atoms with Crippen LogP contribution in [-0.4, -0.2) is 27.3 Å². The van der Waals surface area contributed by atoms with Gasteiger partial charge >= 0.3 is 5.97 Å². The second-order valence-electron chi connectivity index (χ2n) is 4.23. The Labute approximate surface area is 104 Å². The van der Waals surface area contributed by atoms with Gasteiger partial charge in [-0.05, 0) is 20.8 Å². The lowest BCUT2D eigenvalue weighted by atomic mass is 10.2. The number of nitrogens with zero attached hydrogens (tertiary/aromatic N) is 2. The first-order valence-corrected chi connectivity index (χ1v) is 5.82. The lowest BCUT2D eigenvalue weighted by Crippen LogP contribution is -2.12. The SMILES string of the molecule is CCOC(=O)c1cc(=O)[nH]c2nn(C(C)C)cc12. The van der Waals surface area contributed by atoms with E-state index in [1.54, 1.807) is 17.8 Å². The first-order valence-electron chi connectivity index (χ1n) is 5.82. The lowest BCUT2D eigenvalue weighted by Gasteiger charge is -2.02. The molecule has 0 aliphatic heterocycles. The normalized spacial score (nSPS) is 11.1. The Kier molecular flexibility index (Phi) is 3.18. The average Bonchev–Trinajstić information content (AvgIpc) is 2.71. The smallest absolute Gasteiger partial charge is 0.339 e. The summed E-state index contributed by atoms with van der Waals surface area (Å²) in [5, 5.41) is 4.83. The number of ether oxygens (including phenoxy) is 1. The molecule has 96 valence electrons. The maximum absolute atomic E-state index is 11.8. The molecule has 2 aromatic rings. The molecule has 0 amide bonds. The summed E-state index contributed by atoms with van der Waals surface area (Å²) in [6.07, 6.45) is 1.74. The summed E-state index contributed by atoms with van der Waals surface area (Å²) in [5.74, 6) is -0.503. The van der Waals surface area contributed by atoms with Gasteiger partial charge in [0.1, 0.15) is 0 Å². The van der Waals surface area contributed by atoms with Crippen molar-refractivity contribution in [2.45, 2.75) is 26.8 Å². The van der Waals surface area contributed by atoms with Crippen LogP contribution in [0.1, 0.15) is 37.2 Å². The fourth-order valence-electron chi connectivity index (χ4n) is 1.68. The number of H-pyrrole nitrogens is 1. The second kappa shape index (κ2) is 4.64. The van der Waals surface area contributed by atoms with Crippen LogP contribution >= 0.6 is 0 Å². The molecule has 6 nitrogen and oxygen atoms in total. The molecule has 0 radical (unpaired) electrons. The van der Waals surface area contributed by atoms with Crippen LogP contribution in [0, 0.1) is 0 Å². The van der Waals surface area contributed by atoms with Gasteiger partial charge in [-0.15, -0.1) is 0 Å². The number of aromatic amines is 1. The van der Waals surface area contributed by atoms with Crippen molar-refractivity contribution < 1.29 is 9.53 Å². The van der Waals surface area contributed by atoms with Gasteiger partial charge in [0.25, 0.3) is 0 Å². The highest BCUT2D eigenvalue weighted by atomic mass is 16.5. The zero-order chi connectivity index (χ0) is 13.3. The standard InChI is InChI=1S/C12H15N3O3/c1-4-18-12(17)8-5-10(16)13-11-9(8)6-15(14-11)7(2)3/h5-7H,4H2,1-3H3,(H,13,14,16). The number of carbonyl (C=O) groups excluding carboxylic acids is 1. The highest BCUT2D eigenvalue weighted by Crippen LogP contribution is 2.17. The largest absolute Gasteiger partial charge is 0.462 e. The minimum atomic E-state index is -0.503. The minimum Gasteiger partial charge on any atom is -0.462 e. The van der Waals surface area contributed by atoms with Crippen LogP contribution in [0.15, 0.2) is 17.1 Å². The van der Waals surface area contributed by atoms with E-state index in [2.05, 4.69) is 10.1 Å². The highest BCUT2D eigenvalue weighted by Gasteiger charge is 2.16. The maximum Gasteiger partial charge on any atom is 0.339 e. The quantitative estimate of drug-likeness (QED) is 0.836. The van der Waals surface area contributed by atoms with Gasteiger partial charge in [0.05, 0.1) is 17.6 Å². The molecular formula is C12H15N3O3. The van der Waals surface area contributed by atoms with Crippen LogP contribution in [0.25, 0.3) is 11.0 Å². The van der Waals surface area contributed by atoms with Crippen molar-refractivity contribution in [1.82, 2.24) is 14.8 Å². The van der Waals surface area contributed by atoms with Crippen LogP contribution in [-0.2, 0) is 4.74 Å². The number of hydrogen-bond acceptors (Lipinski definition) is 4. The van der Waals surface area contributed by atoms with Crippen molar-refractivity contribution >= 4 is 17.0 Å². The molecule has 0 aliphatic rings. The minimum absolute atomic E-state index is 0.149. The van der Waals surface area contributed by atoms with E-state index in [9.17, 15) is 9.59 Å². The van der Waals surface area contributed by atoms with Crippen LogP contribution < -0.4 is 5.56 Å². The monoisotopic (exact) mass is 249 g/mol. The number of esters is 1. The van der Waals surface area contributed by atoms with E-state index in [-0.39, 0.29) is 23.8 Å². The number of aromatic nitrogens is 3. The zero-order valence-electron chi connectivity index (χ0n) is 10.6. The molecule has 0 atom stereocenters. The summed E-state index contributed by atoms with van der Waals surface area (Å²) in [6.45, 7) is 5.92. The Morgan fingerprint density at radius 2 is 2.28 bits per heavy atom. The molecule has 1 N–H and O–H groups in total. The van der Waals surface area contributed by atoms with E-state index >= 15 is 0 Å². The van der Waals surface area contributed by atoms with E-state index in [0.717, 1.165) is 0 Å². The van der Waals surface area contributed by atoms with Crippen LogP contribution in [0.5, 0.6) is 0 Å². The molecule has 0 saturated carbocycles. The summed E-state index contributed by atoms with van der Waals surface area (Å²) in [7, 11) is 0. The van der Waals surface area contributed by atoms with E-state index in [1.165, 1.54) is 6.07 Å². The molecule has 2 aromatic heterocycles. The molecule has 6 heteroatoms. The fourth-order valence-corrected chi connectivity index (χ4v) is 1.68. The topological polar surface area (TPSA) is 77.0 Å². The molecule has 0 bridgehead atoms. The van der Waals surface area contributed by atoms with Crippen molar-refractivity contribution in [1.29, 1.82) is 0 Å². The molecule has 0 aromatic carbocycles. The molecule has 2 rings (SSSR count). The fraction of sp³-hybridized carbons (Fsp3) is 0.417. The first kappa shape index (κ1) is 12.3. The van der Waals surface area contributed by atoms with Gasteiger partial charge < -0.3 is 9.72 Å². The average molecular weight is 249 g/mol. The summed E-state index contributed by atoms with van der Waals surface area (Å²) < 4.78 is 6.63. The summed E-state index contributed by atoms with van der Waals surface area (Å²) in [6, 6.07) is 1.39. The third-order valence-corrected chi connectivity index (χ3v) is 2.56. The zero-order valence-corrected chi connectivity index (χ0v) is 10.6. The number of fused-ring (bicyclic) bond motifs is 1. The van der Waals surface area contributed by atoms with Crippen molar-refractivity contribution in [2.75, 3.05) is 6.61 Å². The third kappa shape index (κ3) is 2.13. The van der Waals surface area contributed by atoms with Gasteiger partial charge in [0.2, 0.25) is 5.56 Å². The van der Waals surface area contributed by atoms with Gasteiger partial charge in [-0.1, -0.05) is 0 Å². The number of hydrogen-bond donors (Lipinski definition) is 1. The predicted molar refractivity (Wildman–Crippen MR) is 66.7 cm³/mol. The van der Waals surface area contributed by atoms with E-state index < -0.39 is 5.97 Å². The van der Waals surface area contributed by atoms with Crippen LogP contribution in [0.4, 0.5) is 0 Å². The summed E-state index contributed by atoms with van der Waals surface area (Å²) >= 11 is 0.